The summed E-state index contributed by atoms with van der Waals surface area (Å²) in [7, 11) is 1.80. The van der Waals surface area contributed by atoms with E-state index in [0.717, 1.165) is 69.8 Å². The van der Waals surface area contributed by atoms with Crippen LogP contribution in [0.4, 0.5) is 0 Å². The first-order valence-electron chi connectivity index (χ1n) is 9.56. The Morgan fingerprint density at radius 1 is 1.30 bits per heavy atom. The molecule has 0 spiro atoms. The number of aromatic nitrogens is 2. The largest absolute Gasteiger partial charge is 0.465 e. The molecule has 1 unspecified atom stereocenters. The molecule has 0 aromatic carbocycles. The van der Waals surface area contributed by atoms with Crippen molar-refractivity contribution in [2.24, 2.45) is 4.99 Å². The first-order chi connectivity index (χ1) is 13.3. The van der Waals surface area contributed by atoms with Gasteiger partial charge < -0.3 is 19.8 Å². The standard InChI is InChI=1S/C19H30N6O2/c1-16-5-6-18(27-16)17(24-11-13-26-14-12-24)15-22-19(20-2)21-7-3-9-25-10-4-8-23-25/h4-6,8,10,17H,3,7,9,11-15H2,1-2H3,(H2,20,21,22). The smallest absolute Gasteiger partial charge is 0.191 e. The molecular weight excluding hydrogens is 344 g/mol. The van der Waals surface area contributed by atoms with Gasteiger partial charge in [0.15, 0.2) is 5.96 Å². The molecule has 2 aromatic rings. The number of aryl methyl sites for hydroxylation is 2. The zero-order valence-corrected chi connectivity index (χ0v) is 16.2. The second-order valence-electron chi connectivity index (χ2n) is 6.62. The molecular formula is C19H30N6O2. The SMILES string of the molecule is CN=C(NCCCn1cccn1)NCC(c1ccc(C)o1)N1CCOCC1. The van der Waals surface area contributed by atoms with Crippen LogP contribution in [0.15, 0.2) is 40.0 Å². The molecule has 1 fully saturated rings. The predicted octanol–water partition coefficient (Wildman–Crippen LogP) is 1.41. The topological polar surface area (TPSA) is 79.8 Å². The van der Waals surface area contributed by atoms with Gasteiger partial charge in [0.2, 0.25) is 0 Å². The third-order valence-electron chi connectivity index (χ3n) is 4.68. The van der Waals surface area contributed by atoms with Gasteiger partial charge in [-0.15, -0.1) is 0 Å². The van der Waals surface area contributed by atoms with E-state index in [0.29, 0.717) is 0 Å². The van der Waals surface area contributed by atoms with Crippen LogP contribution < -0.4 is 10.6 Å². The molecule has 0 saturated carbocycles. The van der Waals surface area contributed by atoms with Crippen molar-refractivity contribution in [3.05, 3.63) is 42.1 Å². The maximum atomic E-state index is 5.91. The van der Waals surface area contributed by atoms with Crippen LogP contribution in [0.25, 0.3) is 0 Å². The quantitative estimate of drug-likeness (QED) is 0.413. The molecule has 8 heteroatoms. The summed E-state index contributed by atoms with van der Waals surface area (Å²) in [6.07, 6.45) is 4.76. The molecule has 3 rings (SSSR count). The van der Waals surface area contributed by atoms with Crippen molar-refractivity contribution < 1.29 is 9.15 Å². The number of ether oxygens (including phenoxy) is 1. The van der Waals surface area contributed by atoms with Crippen LogP contribution in [0.2, 0.25) is 0 Å². The Morgan fingerprint density at radius 2 is 2.15 bits per heavy atom. The van der Waals surface area contributed by atoms with E-state index in [2.05, 4.69) is 31.7 Å². The summed E-state index contributed by atoms with van der Waals surface area (Å²) in [6.45, 7) is 7.76. The van der Waals surface area contributed by atoms with E-state index >= 15 is 0 Å². The lowest BCUT2D eigenvalue weighted by atomic mass is 10.1. The highest BCUT2D eigenvalue weighted by atomic mass is 16.5. The maximum absolute atomic E-state index is 5.91. The number of morpholine rings is 1. The average molecular weight is 374 g/mol. The molecule has 1 aliphatic heterocycles. The van der Waals surface area contributed by atoms with Gasteiger partial charge in [-0.2, -0.15) is 5.10 Å². The first kappa shape index (κ1) is 19.4. The minimum Gasteiger partial charge on any atom is -0.465 e. The fourth-order valence-corrected chi connectivity index (χ4v) is 3.23. The third kappa shape index (κ3) is 5.83. The van der Waals surface area contributed by atoms with Gasteiger partial charge in [-0.25, -0.2) is 0 Å². The molecule has 1 atom stereocenters. The number of hydrogen-bond acceptors (Lipinski definition) is 5. The maximum Gasteiger partial charge on any atom is 0.191 e. The summed E-state index contributed by atoms with van der Waals surface area (Å²) in [5.41, 5.74) is 0. The highest BCUT2D eigenvalue weighted by Gasteiger charge is 2.25. The Labute approximate surface area is 160 Å². The lowest BCUT2D eigenvalue weighted by molar-refractivity contribution is 0.0124. The van der Waals surface area contributed by atoms with E-state index in [9.17, 15) is 0 Å². The Bertz CT molecular complexity index is 691. The second-order valence-corrected chi connectivity index (χ2v) is 6.62. The number of guanidine groups is 1. The molecule has 1 aliphatic rings. The third-order valence-corrected chi connectivity index (χ3v) is 4.68. The Balaban J connectivity index is 1.49. The normalized spacial score (nSPS) is 17.0. The summed E-state index contributed by atoms with van der Waals surface area (Å²) in [5, 5.41) is 11.0. The summed E-state index contributed by atoms with van der Waals surface area (Å²) < 4.78 is 13.3. The number of rotatable bonds is 8. The van der Waals surface area contributed by atoms with Crippen LogP contribution in [-0.4, -0.2) is 67.1 Å². The van der Waals surface area contributed by atoms with Gasteiger partial charge in [0.1, 0.15) is 11.5 Å². The summed E-state index contributed by atoms with van der Waals surface area (Å²) in [4.78, 5) is 6.74. The van der Waals surface area contributed by atoms with Crippen molar-refractivity contribution in [3.8, 4) is 0 Å². The zero-order valence-electron chi connectivity index (χ0n) is 16.2. The van der Waals surface area contributed by atoms with Crippen molar-refractivity contribution in [2.75, 3.05) is 46.4 Å². The van der Waals surface area contributed by atoms with E-state index in [-0.39, 0.29) is 6.04 Å². The van der Waals surface area contributed by atoms with Gasteiger partial charge in [0.05, 0.1) is 19.3 Å². The number of hydrogen-bond donors (Lipinski definition) is 2. The molecule has 8 nitrogen and oxygen atoms in total. The summed E-state index contributed by atoms with van der Waals surface area (Å²) in [6, 6.07) is 6.18. The molecule has 1 saturated heterocycles. The molecule has 0 bridgehead atoms. The predicted molar refractivity (Wildman–Crippen MR) is 105 cm³/mol. The van der Waals surface area contributed by atoms with E-state index < -0.39 is 0 Å². The summed E-state index contributed by atoms with van der Waals surface area (Å²) >= 11 is 0. The monoisotopic (exact) mass is 374 g/mol. The highest BCUT2D eigenvalue weighted by molar-refractivity contribution is 5.79. The van der Waals surface area contributed by atoms with Crippen molar-refractivity contribution >= 4 is 5.96 Å². The molecule has 148 valence electrons. The molecule has 0 aliphatic carbocycles. The van der Waals surface area contributed by atoms with Gasteiger partial charge >= 0.3 is 0 Å². The van der Waals surface area contributed by atoms with Crippen LogP contribution in [0.1, 0.15) is 24.0 Å². The van der Waals surface area contributed by atoms with E-state index in [1.165, 1.54) is 0 Å². The van der Waals surface area contributed by atoms with Crippen molar-refractivity contribution in [1.29, 1.82) is 0 Å². The highest BCUT2D eigenvalue weighted by Crippen LogP contribution is 2.23. The molecule has 2 N–H and O–H groups in total. The van der Waals surface area contributed by atoms with Crippen LogP contribution in [-0.2, 0) is 11.3 Å². The molecule has 3 heterocycles. The van der Waals surface area contributed by atoms with Crippen LogP contribution in [0.3, 0.4) is 0 Å². The molecule has 27 heavy (non-hydrogen) atoms. The van der Waals surface area contributed by atoms with Crippen molar-refractivity contribution in [2.45, 2.75) is 25.9 Å². The van der Waals surface area contributed by atoms with Crippen LogP contribution >= 0.6 is 0 Å². The van der Waals surface area contributed by atoms with Crippen molar-refractivity contribution in [3.63, 3.8) is 0 Å². The Kier molecular flexibility index (Phi) is 7.29. The second kappa shape index (κ2) is 10.1. The number of nitrogens with one attached hydrogen (secondary N) is 2. The van der Waals surface area contributed by atoms with Crippen LogP contribution in [0.5, 0.6) is 0 Å². The van der Waals surface area contributed by atoms with Gasteiger partial charge in [0, 0.05) is 52.2 Å². The number of aliphatic imine (C=N–C) groups is 1. The van der Waals surface area contributed by atoms with Crippen molar-refractivity contribution in [1.82, 2.24) is 25.3 Å². The number of nitrogens with zero attached hydrogens (tertiary/aromatic N) is 4. The molecule has 0 amide bonds. The lowest BCUT2D eigenvalue weighted by Crippen LogP contribution is -2.46. The van der Waals surface area contributed by atoms with Gasteiger partial charge in [0.25, 0.3) is 0 Å². The zero-order chi connectivity index (χ0) is 18.9. The van der Waals surface area contributed by atoms with Gasteiger partial charge in [-0.05, 0) is 31.5 Å². The Hall–Kier alpha value is -2.32. The Morgan fingerprint density at radius 3 is 2.81 bits per heavy atom. The van der Waals surface area contributed by atoms with E-state index in [4.69, 9.17) is 9.15 Å². The summed E-state index contributed by atoms with van der Waals surface area (Å²) in [5.74, 6) is 2.72. The van der Waals surface area contributed by atoms with Crippen LogP contribution in [0, 0.1) is 6.92 Å². The van der Waals surface area contributed by atoms with E-state index in [1.807, 2.05) is 29.9 Å². The van der Waals surface area contributed by atoms with Gasteiger partial charge in [-0.3, -0.25) is 14.6 Å². The van der Waals surface area contributed by atoms with E-state index in [1.54, 1.807) is 13.2 Å². The fraction of sp³-hybridized carbons (Fsp3) is 0.579. The fourth-order valence-electron chi connectivity index (χ4n) is 3.23. The van der Waals surface area contributed by atoms with Gasteiger partial charge in [-0.1, -0.05) is 0 Å². The first-order valence-corrected chi connectivity index (χ1v) is 9.56. The lowest BCUT2D eigenvalue weighted by Gasteiger charge is -2.33. The average Bonchev–Trinajstić information content (AvgIpc) is 3.36. The molecule has 0 radical (unpaired) electrons. The molecule has 2 aromatic heterocycles. The minimum absolute atomic E-state index is 0.158. The number of furan rings is 1. The minimum atomic E-state index is 0.158.